The van der Waals surface area contributed by atoms with Gasteiger partial charge < -0.3 is 4.98 Å². The Bertz CT molecular complexity index is 345. The molecule has 0 spiro atoms. The molecule has 0 aliphatic carbocycles. The molecule has 25 heavy (non-hydrogen) atoms. The largest absolute Gasteiger partial charge is 0.367 e. The molecule has 0 unspecified atom stereocenters. The number of hydrogen-bond donors (Lipinski definition) is 1. The van der Waals surface area contributed by atoms with Gasteiger partial charge in [0.15, 0.2) is 0 Å². The maximum atomic E-state index is 3.35. The molecule has 0 atom stereocenters. The molecule has 0 saturated heterocycles. The quantitative estimate of drug-likeness (QED) is 0.257. The van der Waals surface area contributed by atoms with Crippen LogP contribution in [-0.2, 0) is 12.8 Å². The molecule has 1 heterocycles. The van der Waals surface area contributed by atoms with Crippen molar-refractivity contribution in [1.29, 1.82) is 0 Å². The highest BCUT2D eigenvalue weighted by Gasteiger charge is 2.04. The van der Waals surface area contributed by atoms with Gasteiger partial charge in [-0.05, 0) is 36.8 Å². The minimum Gasteiger partial charge on any atom is -0.367 e. The molecule has 1 aromatic rings. The summed E-state index contributed by atoms with van der Waals surface area (Å²) < 4.78 is 0. The predicted molar refractivity (Wildman–Crippen MR) is 113 cm³/mol. The molecule has 0 aliphatic rings. The fourth-order valence-electron chi connectivity index (χ4n) is 3.79. The van der Waals surface area contributed by atoms with Crippen molar-refractivity contribution in [3.63, 3.8) is 0 Å². The van der Waals surface area contributed by atoms with E-state index in [-0.39, 0.29) is 0 Å². The molecule has 1 N–H and O–H groups in total. The van der Waals surface area contributed by atoms with Crippen LogP contribution in [0.5, 0.6) is 0 Å². The summed E-state index contributed by atoms with van der Waals surface area (Å²) in [6, 6.07) is 0. The maximum Gasteiger partial charge on any atom is 0.00401 e. The predicted octanol–water partition coefficient (Wildman–Crippen LogP) is 8.38. The minimum atomic E-state index is 1.28. The Kier molecular flexibility index (Phi) is 14.9. The number of aromatic amines is 1. The first kappa shape index (κ1) is 22.3. The van der Waals surface area contributed by atoms with E-state index in [0.29, 0.717) is 0 Å². The van der Waals surface area contributed by atoms with E-state index in [2.05, 4.69) is 31.2 Å². The van der Waals surface area contributed by atoms with E-state index in [1.807, 2.05) is 0 Å². The fraction of sp³-hybridized carbons (Fsp3) is 0.833. The number of aromatic nitrogens is 1. The van der Waals surface area contributed by atoms with Crippen LogP contribution in [0, 0.1) is 0 Å². The van der Waals surface area contributed by atoms with Crippen molar-refractivity contribution in [2.24, 2.45) is 0 Å². The van der Waals surface area contributed by atoms with Gasteiger partial charge in [0.1, 0.15) is 0 Å². The molecule has 1 rings (SSSR count). The Hall–Kier alpha value is -0.720. The van der Waals surface area contributed by atoms with Crippen molar-refractivity contribution in [1.82, 2.24) is 4.98 Å². The number of unbranched alkanes of at least 4 members (excludes halogenated alkanes) is 14. The summed E-state index contributed by atoms with van der Waals surface area (Å²) in [5, 5.41) is 0. The van der Waals surface area contributed by atoms with Gasteiger partial charge in [-0.25, -0.2) is 0 Å². The van der Waals surface area contributed by atoms with Crippen LogP contribution in [0.2, 0.25) is 0 Å². The third-order valence-corrected chi connectivity index (χ3v) is 5.53. The van der Waals surface area contributed by atoms with Crippen molar-refractivity contribution < 1.29 is 0 Å². The van der Waals surface area contributed by atoms with Gasteiger partial charge in [0, 0.05) is 12.4 Å². The molecule has 1 heteroatoms. The Morgan fingerprint density at radius 1 is 0.480 bits per heavy atom. The summed E-state index contributed by atoms with van der Waals surface area (Å²) in [7, 11) is 0. The van der Waals surface area contributed by atoms with Gasteiger partial charge in [-0.3, -0.25) is 0 Å². The van der Waals surface area contributed by atoms with Gasteiger partial charge in [-0.1, -0.05) is 104 Å². The molecule has 1 aromatic heterocycles. The third-order valence-electron chi connectivity index (χ3n) is 5.53. The molecule has 0 fully saturated rings. The van der Waals surface area contributed by atoms with Crippen LogP contribution in [0.4, 0.5) is 0 Å². The van der Waals surface area contributed by atoms with Crippen molar-refractivity contribution >= 4 is 0 Å². The molecule has 1 nitrogen and oxygen atoms in total. The van der Waals surface area contributed by atoms with Crippen LogP contribution < -0.4 is 0 Å². The summed E-state index contributed by atoms with van der Waals surface area (Å²) in [4.78, 5) is 3.35. The van der Waals surface area contributed by atoms with E-state index in [9.17, 15) is 0 Å². The third kappa shape index (κ3) is 12.3. The van der Waals surface area contributed by atoms with Crippen LogP contribution in [0.1, 0.15) is 128 Å². The van der Waals surface area contributed by atoms with Gasteiger partial charge in [-0.15, -0.1) is 0 Å². The Balaban J connectivity index is 2.00. The highest BCUT2D eigenvalue weighted by atomic mass is 14.6. The van der Waals surface area contributed by atoms with Crippen LogP contribution >= 0.6 is 0 Å². The lowest BCUT2D eigenvalue weighted by Crippen LogP contribution is -1.92. The average Bonchev–Trinajstić information content (AvgIpc) is 3.07. The number of aryl methyl sites for hydroxylation is 2. The highest BCUT2D eigenvalue weighted by Crippen LogP contribution is 2.17. The van der Waals surface area contributed by atoms with Gasteiger partial charge >= 0.3 is 0 Å². The SMILES string of the molecule is CCCCCCCCCCc1c[nH]cc1CCCCCCCCCC. The summed E-state index contributed by atoms with van der Waals surface area (Å²) in [6.45, 7) is 4.59. The van der Waals surface area contributed by atoms with E-state index in [1.165, 1.54) is 116 Å². The van der Waals surface area contributed by atoms with Crippen molar-refractivity contribution in [2.75, 3.05) is 0 Å². The zero-order valence-corrected chi connectivity index (χ0v) is 17.4. The van der Waals surface area contributed by atoms with Crippen LogP contribution in [-0.4, -0.2) is 4.98 Å². The average molecular weight is 348 g/mol. The topological polar surface area (TPSA) is 15.8 Å². The molecular formula is C24H45N. The second-order valence-electron chi connectivity index (χ2n) is 7.96. The molecular weight excluding hydrogens is 302 g/mol. The van der Waals surface area contributed by atoms with Crippen LogP contribution in [0.25, 0.3) is 0 Å². The Labute approximate surface area is 158 Å². The zero-order valence-electron chi connectivity index (χ0n) is 17.4. The molecule has 0 radical (unpaired) electrons. The van der Waals surface area contributed by atoms with E-state index in [1.54, 1.807) is 11.1 Å². The Morgan fingerprint density at radius 3 is 1.16 bits per heavy atom. The van der Waals surface area contributed by atoms with E-state index in [0.717, 1.165) is 0 Å². The highest BCUT2D eigenvalue weighted by molar-refractivity contribution is 5.23. The summed E-state index contributed by atoms with van der Waals surface area (Å²) in [6.07, 6.45) is 29.7. The zero-order chi connectivity index (χ0) is 18.0. The normalized spacial score (nSPS) is 11.3. The smallest absolute Gasteiger partial charge is 0.00401 e. The fourth-order valence-corrected chi connectivity index (χ4v) is 3.79. The minimum absolute atomic E-state index is 1.28. The van der Waals surface area contributed by atoms with E-state index >= 15 is 0 Å². The second-order valence-corrected chi connectivity index (χ2v) is 7.96. The van der Waals surface area contributed by atoms with E-state index < -0.39 is 0 Å². The summed E-state index contributed by atoms with van der Waals surface area (Å²) in [5.74, 6) is 0. The lowest BCUT2D eigenvalue weighted by atomic mass is 10.00. The maximum absolute atomic E-state index is 3.35. The molecule has 0 aromatic carbocycles. The molecule has 0 amide bonds. The first-order valence-electron chi connectivity index (χ1n) is 11.5. The Morgan fingerprint density at radius 2 is 0.800 bits per heavy atom. The first-order chi connectivity index (χ1) is 12.4. The summed E-state index contributed by atoms with van der Waals surface area (Å²) in [5.41, 5.74) is 3.18. The lowest BCUT2D eigenvalue weighted by molar-refractivity contribution is 0.571. The van der Waals surface area contributed by atoms with Gasteiger partial charge in [0.25, 0.3) is 0 Å². The lowest BCUT2D eigenvalue weighted by Gasteiger charge is -2.05. The number of hydrogen-bond acceptors (Lipinski definition) is 0. The number of rotatable bonds is 18. The van der Waals surface area contributed by atoms with Crippen molar-refractivity contribution in [2.45, 2.75) is 129 Å². The first-order valence-corrected chi connectivity index (χ1v) is 11.5. The molecule has 0 saturated carbocycles. The summed E-state index contributed by atoms with van der Waals surface area (Å²) >= 11 is 0. The molecule has 146 valence electrons. The van der Waals surface area contributed by atoms with Gasteiger partial charge in [-0.2, -0.15) is 0 Å². The van der Waals surface area contributed by atoms with Gasteiger partial charge in [0.2, 0.25) is 0 Å². The van der Waals surface area contributed by atoms with E-state index in [4.69, 9.17) is 0 Å². The van der Waals surface area contributed by atoms with Crippen LogP contribution in [0.3, 0.4) is 0 Å². The molecule has 0 bridgehead atoms. The van der Waals surface area contributed by atoms with Crippen LogP contribution in [0.15, 0.2) is 12.4 Å². The van der Waals surface area contributed by atoms with Crippen molar-refractivity contribution in [3.05, 3.63) is 23.5 Å². The van der Waals surface area contributed by atoms with Crippen molar-refractivity contribution in [3.8, 4) is 0 Å². The molecule has 0 aliphatic heterocycles. The number of nitrogens with one attached hydrogen (secondary N) is 1. The monoisotopic (exact) mass is 347 g/mol. The second kappa shape index (κ2) is 16.7. The van der Waals surface area contributed by atoms with Gasteiger partial charge in [0.05, 0.1) is 0 Å². The standard InChI is InChI=1S/C24H45N/c1-3-5-7-9-11-13-15-17-19-23-21-25-22-24(23)20-18-16-14-12-10-8-6-4-2/h21-22,25H,3-20H2,1-2H3. The number of H-pyrrole nitrogens is 1.